The fraction of sp³-hybridized carbons (Fsp3) is 0.571. The molecule has 8 heteroatoms. The Bertz CT molecular complexity index is 819. The summed E-state index contributed by atoms with van der Waals surface area (Å²) in [5.74, 6) is 0.761. The normalized spacial score (nSPS) is 24.3. The molecular formula is C21H27N3O5. The number of carbonyl (C=O) groups excluding carboxylic acids is 3. The first kappa shape index (κ1) is 19.5. The van der Waals surface area contributed by atoms with Crippen LogP contribution in [0.15, 0.2) is 18.2 Å². The average molecular weight is 401 g/mol. The first-order valence-electron chi connectivity index (χ1n) is 10.3. The standard InChI is InChI=1S/C21H27N3O5/c1-21(12-15-7-8-16-17(11-15)29-14-28-16)19(26)24(20(27)22-21)13-18(25)23-9-5-3-2-4-6-10-23/h7-8,11H,2-6,9-10,12-14H2,1H3,(H,22,27)/t21-/m1/s1. The van der Waals surface area contributed by atoms with Gasteiger partial charge in [0.25, 0.3) is 5.91 Å². The summed E-state index contributed by atoms with van der Waals surface area (Å²) in [6.07, 6.45) is 5.67. The van der Waals surface area contributed by atoms with E-state index in [9.17, 15) is 14.4 Å². The molecule has 3 aliphatic heterocycles. The Balaban J connectivity index is 1.42. The van der Waals surface area contributed by atoms with Gasteiger partial charge in [-0.25, -0.2) is 4.79 Å². The third-order valence-corrected chi connectivity index (χ3v) is 5.84. The average Bonchev–Trinajstić information content (AvgIpc) is 3.19. The zero-order valence-corrected chi connectivity index (χ0v) is 16.7. The van der Waals surface area contributed by atoms with Crippen LogP contribution < -0.4 is 14.8 Å². The summed E-state index contributed by atoms with van der Waals surface area (Å²) in [7, 11) is 0. The molecule has 3 aliphatic rings. The number of likely N-dealkylation sites (tertiary alicyclic amines) is 1. The predicted molar refractivity (Wildman–Crippen MR) is 105 cm³/mol. The Kier molecular flexibility index (Phi) is 5.34. The number of rotatable bonds is 4. The highest BCUT2D eigenvalue weighted by Gasteiger charge is 2.48. The van der Waals surface area contributed by atoms with Crippen LogP contribution in [0.5, 0.6) is 11.5 Å². The van der Waals surface area contributed by atoms with E-state index in [1.54, 1.807) is 17.9 Å². The number of imide groups is 1. The molecule has 4 amide bonds. The number of hydrogen-bond donors (Lipinski definition) is 1. The van der Waals surface area contributed by atoms with Crippen LogP contribution in [0.2, 0.25) is 0 Å². The van der Waals surface area contributed by atoms with Crippen molar-refractivity contribution in [3.8, 4) is 11.5 Å². The van der Waals surface area contributed by atoms with Crippen molar-refractivity contribution in [3.05, 3.63) is 23.8 Å². The molecule has 1 aromatic rings. The molecule has 1 N–H and O–H groups in total. The van der Waals surface area contributed by atoms with E-state index in [1.165, 1.54) is 6.42 Å². The van der Waals surface area contributed by atoms with Crippen molar-refractivity contribution < 1.29 is 23.9 Å². The highest BCUT2D eigenvalue weighted by atomic mass is 16.7. The van der Waals surface area contributed by atoms with Crippen molar-refractivity contribution in [3.63, 3.8) is 0 Å². The van der Waals surface area contributed by atoms with Gasteiger partial charge in [0.2, 0.25) is 12.7 Å². The Hall–Kier alpha value is -2.77. The zero-order valence-electron chi connectivity index (χ0n) is 16.7. The number of hydrogen-bond acceptors (Lipinski definition) is 5. The van der Waals surface area contributed by atoms with Crippen molar-refractivity contribution in [2.75, 3.05) is 26.4 Å². The SMILES string of the molecule is C[C@]1(Cc2ccc3c(c2)OCO3)NC(=O)N(CC(=O)N2CCCCCCC2)C1=O. The van der Waals surface area contributed by atoms with Gasteiger partial charge in [0, 0.05) is 19.5 Å². The Morgan fingerprint density at radius 1 is 1.07 bits per heavy atom. The molecular weight excluding hydrogens is 374 g/mol. The number of nitrogens with zero attached hydrogens (tertiary/aromatic N) is 2. The van der Waals surface area contributed by atoms with Gasteiger partial charge in [0.05, 0.1) is 0 Å². The minimum atomic E-state index is -1.10. The molecule has 2 fully saturated rings. The second-order valence-electron chi connectivity index (χ2n) is 8.17. The molecule has 2 saturated heterocycles. The van der Waals surface area contributed by atoms with Crippen LogP contribution in [0.25, 0.3) is 0 Å². The van der Waals surface area contributed by atoms with Gasteiger partial charge < -0.3 is 19.7 Å². The molecule has 0 radical (unpaired) electrons. The summed E-state index contributed by atoms with van der Waals surface area (Å²) in [5, 5.41) is 2.77. The fourth-order valence-corrected chi connectivity index (χ4v) is 4.20. The maximum atomic E-state index is 13.0. The number of nitrogens with one attached hydrogen (secondary N) is 1. The summed E-state index contributed by atoms with van der Waals surface area (Å²) in [5.41, 5.74) is -0.247. The molecule has 0 aliphatic carbocycles. The molecule has 0 saturated carbocycles. The van der Waals surface area contributed by atoms with Crippen molar-refractivity contribution in [1.82, 2.24) is 15.1 Å². The molecule has 0 bridgehead atoms. The smallest absolute Gasteiger partial charge is 0.325 e. The lowest BCUT2D eigenvalue weighted by molar-refractivity contribution is -0.139. The monoisotopic (exact) mass is 401 g/mol. The van der Waals surface area contributed by atoms with Gasteiger partial charge in [0.15, 0.2) is 11.5 Å². The largest absolute Gasteiger partial charge is 0.454 e. The Morgan fingerprint density at radius 2 is 1.76 bits per heavy atom. The number of fused-ring (bicyclic) bond motifs is 1. The van der Waals surface area contributed by atoms with E-state index in [1.807, 2.05) is 12.1 Å². The second-order valence-corrected chi connectivity index (χ2v) is 8.17. The molecule has 0 spiro atoms. The second kappa shape index (κ2) is 7.93. The van der Waals surface area contributed by atoms with Crippen molar-refractivity contribution in [2.24, 2.45) is 0 Å². The molecule has 4 rings (SSSR count). The first-order valence-corrected chi connectivity index (χ1v) is 10.3. The number of urea groups is 1. The molecule has 1 atom stereocenters. The van der Waals surface area contributed by atoms with Crippen LogP contribution in [0.1, 0.15) is 44.6 Å². The number of benzene rings is 1. The third kappa shape index (κ3) is 4.02. The van der Waals surface area contributed by atoms with Crippen molar-refractivity contribution in [2.45, 2.75) is 51.0 Å². The van der Waals surface area contributed by atoms with Crippen LogP contribution in [-0.2, 0) is 16.0 Å². The van der Waals surface area contributed by atoms with Gasteiger partial charge in [-0.15, -0.1) is 0 Å². The van der Waals surface area contributed by atoms with Gasteiger partial charge in [-0.2, -0.15) is 0 Å². The highest BCUT2D eigenvalue weighted by molar-refractivity contribution is 6.08. The van der Waals surface area contributed by atoms with E-state index in [0.29, 0.717) is 31.0 Å². The maximum absolute atomic E-state index is 13.0. The summed E-state index contributed by atoms with van der Waals surface area (Å²) in [6.45, 7) is 3.05. The topological polar surface area (TPSA) is 88.2 Å². The minimum Gasteiger partial charge on any atom is -0.454 e. The fourth-order valence-electron chi connectivity index (χ4n) is 4.20. The lowest BCUT2D eigenvalue weighted by Crippen LogP contribution is -2.47. The highest BCUT2D eigenvalue weighted by Crippen LogP contribution is 2.34. The molecule has 8 nitrogen and oxygen atoms in total. The van der Waals surface area contributed by atoms with Crippen molar-refractivity contribution in [1.29, 1.82) is 0 Å². The summed E-state index contributed by atoms with van der Waals surface area (Å²) < 4.78 is 10.7. The summed E-state index contributed by atoms with van der Waals surface area (Å²) in [4.78, 5) is 41.1. The van der Waals surface area contributed by atoms with Crippen molar-refractivity contribution >= 4 is 17.8 Å². The molecule has 156 valence electrons. The van der Waals surface area contributed by atoms with Gasteiger partial charge in [-0.05, 0) is 37.5 Å². The van der Waals surface area contributed by atoms with E-state index >= 15 is 0 Å². The van der Waals surface area contributed by atoms with Crippen LogP contribution in [0, 0.1) is 0 Å². The van der Waals surface area contributed by atoms with Crippen LogP contribution in [0.3, 0.4) is 0 Å². The van der Waals surface area contributed by atoms with E-state index in [-0.39, 0.29) is 25.2 Å². The molecule has 1 aromatic carbocycles. The summed E-state index contributed by atoms with van der Waals surface area (Å²) >= 11 is 0. The molecule has 29 heavy (non-hydrogen) atoms. The van der Waals surface area contributed by atoms with E-state index in [4.69, 9.17) is 9.47 Å². The lowest BCUT2D eigenvalue weighted by Gasteiger charge is -2.26. The van der Waals surface area contributed by atoms with E-state index in [2.05, 4.69) is 5.32 Å². The quantitative estimate of drug-likeness (QED) is 0.781. The number of carbonyl (C=O) groups is 3. The molecule has 3 heterocycles. The minimum absolute atomic E-state index is 0.164. The Morgan fingerprint density at radius 3 is 2.52 bits per heavy atom. The lowest BCUT2D eigenvalue weighted by atomic mass is 9.92. The van der Waals surface area contributed by atoms with Gasteiger partial charge in [0.1, 0.15) is 12.1 Å². The van der Waals surface area contributed by atoms with E-state index in [0.717, 1.165) is 36.1 Å². The zero-order chi connectivity index (χ0) is 20.4. The summed E-state index contributed by atoms with van der Waals surface area (Å²) in [6, 6.07) is 4.96. The Labute approximate surface area is 170 Å². The molecule has 0 unspecified atom stereocenters. The molecule has 0 aromatic heterocycles. The van der Waals surface area contributed by atoms with E-state index < -0.39 is 11.6 Å². The maximum Gasteiger partial charge on any atom is 0.325 e. The number of ether oxygens (including phenoxy) is 2. The van der Waals surface area contributed by atoms with Crippen LogP contribution >= 0.6 is 0 Å². The van der Waals surface area contributed by atoms with Gasteiger partial charge >= 0.3 is 6.03 Å². The number of amides is 4. The van der Waals surface area contributed by atoms with Crippen LogP contribution in [-0.4, -0.2) is 59.6 Å². The van der Waals surface area contributed by atoms with Crippen LogP contribution in [0.4, 0.5) is 4.79 Å². The van der Waals surface area contributed by atoms with Gasteiger partial charge in [-0.1, -0.05) is 25.3 Å². The predicted octanol–water partition coefficient (Wildman–Crippen LogP) is 2.06. The first-order chi connectivity index (χ1) is 14.0. The third-order valence-electron chi connectivity index (χ3n) is 5.84. The van der Waals surface area contributed by atoms with Gasteiger partial charge in [-0.3, -0.25) is 14.5 Å².